The summed E-state index contributed by atoms with van der Waals surface area (Å²) in [4.78, 5) is 4.80. The number of nitrogens with one attached hydrogen (secondary N) is 2. The highest BCUT2D eigenvalue weighted by Crippen LogP contribution is 2.38. The van der Waals surface area contributed by atoms with E-state index in [1.807, 2.05) is 12.1 Å². The molecule has 1 aromatic rings. The van der Waals surface area contributed by atoms with E-state index in [0.717, 1.165) is 69.6 Å². The van der Waals surface area contributed by atoms with Gasteiger partial charge in [0.1, 0.15) is 0 Å². The van der Waals surface area contributed by atoms with Crippen molar-refractivity contribution in [2.45, 2.75) is 50.5 Å². The molecule has 0 aromatic heterocycles. The fourth-order valence-corrected chi connectivity index (χ4v) is 4.33. The van der Waals surface area contributed by atoms with Crippen LogP contribution in [0.3, 0.4) is 0 Å². The summed E-state index contributed by atoms with van der Waals surface area (Å²) in [7, 11) is 0. The lowest BCUT2D eigenvalue weighted by molar-refractivity contribution is 0.0283. The molecule has 2 aliphatic heterocycles. The minimum atomic E-state index is -0.137. The Morgan fingerprint density at radius 1 is 1.14 bits per heavy atom. The van der Waals surface area contributed by atoms with Crippen molar-refractivity contribution in [3.63, 3.8) is 0 Å². The first kappa shape index (κ1) is 23.7. The molecule has 1 aromatic carbocycles. The molecule has 2 aliphatic rings. The molecule has 0 aliphatic carbocycles. The fraction of sp³-hybridized carbons (Fsp3) is 0.667. The molecule has 2 fully saturated rings. The van der Waals surface area contributed by atoms with E-state index in [1.165, 1.54) is 5.56 Å². The second-order valence-corrected chi connectivity index (χ2v) is 8.23. The molecule has 3 rings (SSSR count). The maximum Gasteiger partial charge on any atom is 0.191 e. The molecule has 28 heavy (non-hydrogen) atoms. The number of guanidine groups is 1. The van der Waals surface area contributed by atoms with Gasteiger partial charge < -0.3 is 20.1 Å². The molecule has 158 valence electrons. The van der Waals surface area contributed by atoms with Crippen LogP contribution in [0.2, 0.25) is 5.02 Å². The lowest BCUT2D eigenvalue weighted by atomic mass is 9.74. The van der Waals surface area contributed by atoms with Crippen LogP contribution in [0.15, 0.2) is 29.3 Å². The van der Waals surface area contributed by atoms with Crippen molar-refractivity contribution in [2.75, 3.05) is 39.5 Å². The average Bonchev–Trinajstić information content (AvgIpc) is 3.12. The Morgan fingerprint density at radius 2 is 1.89 bits per heavy atom. The zero-order valence-corrected chi connectivity index (χ0v) is 20.0. The zero-order chi connectivity index (χ0) is 19.2. The Bertz CT molecular complexity index is 644. The number of aliphatic imine (C=N–C) groups is 1. The van der Waals surface area contributed by atoms with Gasteiger partial charge in [0.15, 0.2) is 5.96 Å². The fourth-order valence-electron chi connectivity index (χ4n) is 4.00. The van der Waals surface area contributed by atoms with Gasteiger partial charge in [0.05, 0.1) is 12.1 Å². The highest BCUT2D eigenvalue weighted by molar-refractivity contribution is 14.0. The van der Waals surface area contributed by atoms with E-state index in [2.05, 4.69) is 36.6 Å². The van der Waals surface area contributed by atoms with Crippen LogP contribution in [0.4, 0.5) is 0 Å². The monoisotopic (exact) mass is 521 g/mol. The maximum atomic E-state index is 6.56. The first-order chi connectivity index (χ1) is 13.1. The van der Waals surface area contributed by atoms with E-state index >= 15 is 0 Å². The second kappa shape index (κ2) is 11.0. The van der Waals surface area contributed by atoms with Crippen LogP contribution in [0, 0.1) is 0 Å². The molecule has 0 radical (unpaired) electrons. The van der Waals surface area contributed by atoms with E-state index < -0.39 is 0 Å². The summed E-state index contributed by atoms with van der Waals surface area (Å²) >= 11 is 6.56. The standard InChI is InChI=1S/C21H32ClN3O2.HI/c1-3-23-19(24-15-20(2)9-6-12-27-20)25-16-21(10-13-26-14-11-21)17-7-4-5-8-18(17)22;/h4-5,7-8H,3,6,9-16H2,1-2H3,(H2,23,24,25);1H. The summed E-state index contributed by atoms with van der Waals surface area (Å²) in [6.45, 7) is 8.87. The Hall–Kier alpha value is -0.570. The van der Waals surface area contributed by atoms with Crippen molar-refractivity contribution in [3.05, 3.63) is 34.9 Å². The van der Waals surface area contributed by atoms with Crippen molar-refractivity contribution < 1.29 is 9.47 Å². The Kier molecular flexibility index (Phi) is 9.31. The normalized spacial score (nSPS) is 24.5. The summed E-state index contributed by atoms with van der Waals surface area (Å²) in [5.41, 5.74) is 1.02. The molecular weight excluding hydrogens is 489 g/mol. The van der Waals surface area contributed by atoms with Gasteiger partial charge in [-0.3, -0.25) is 4.99 Å². The smallest absolute Gasteiger partial charge is 0.191 e. The molecule has 0 saturated carbocycles. The van der Waals surface area contributed by atoms with Crippen molar-refractivity contribution in [2.24, 2.45) is 4.99 Å². The third-order valence-corrected chi connectivity index (χ3v) is 6.04. The van der Waals surface area contributed by atoms with Gasteiger partial charge in [-0.25, -0.2) is 0 Å². The number of hydrogen-bond donors (Lipinski definition) is 2. The van der Waals surface area contributed by atoms with Gasteiger partial charge in [-0.15, -0.1) is 24.0 Å². The Labute approximate surface area is 191 Å². The molecule has 7 heteroatoms. The second-order valence-electron chi connectivity index (χ2n) is 7.82. The zero-order valence-electron chi connectivity index (χ0n) is 16.9. The quantitative estimate of drug-likeness (QED) is 0.336. The average molecular weight is 522 g/mol. The molecular formula is C21H33ClIN3O2. The van der Waals surface area contributed by atoms with E-state index in [9.17, 15) is 0 Å². The van der Waals surface area contributed by atoms with E-state index in [-0.39, 0.29) is 35.0 Å². The summed E-state index contributed by atoms with van der Waals surface area (Å²) in [5, 5.41) is 7.76. The number of ether oxygens (including phenoxy) is 2. The van der Waals surface area contributed by atoms with Gasteiger partial charge >= 0.3 is 0 Å². The van der Waals surface area contributed by atoms with Gasteiger partial charge in [-0.2, -0.15) is 0 Å². The van der Waals surface area contributed by atoms with E-state index in [1.54, 1.807) is 0 Å². The predicted molar refractivity (Wildman–Crippen MR) is 126 cm³/mol. The van der Waals surface area contributed by atoms with Gasteiger partial charge in [-0.05, 0) is 51.2 Å². The molecule has 5 nitrogen and oxygen atoms in total. The lowest BCUT2D eigenvalue weighted by Gasteiger charge is -2.39. The van der Waals surface area contributed by atoms with Crippen LogP contribution < -0.4 is 10.6 Å². The first-order valence-corrected chi connectivity index (χ1v) is 10.4. The summed E-state index contributed by atoms with van der Waals surface area (Å²) in [6.07, 6.45) is 4.08. The predicted octanol–water partition coefficient (Wildman–Crippen LogP) is 4.13. The summed E-state index contributed by atoms with van der Waals surface area (Å²) in [5.74, 6) is 0.840. The Morgan fingerprint density at radius 3 is 2.54 bits per heavy atom. The van der Waals surface area contributed by atoms with Crippen molar-refractivity contribution in [1.82, 2.24) is 10.6 Å². The van der Waals surface area contributed by atoms with Crippen LogP contribution in [-0.4, -0.2) is 51.0 Å². The van der Waals surface area contributed by atoms with Gasteiger partial charge in [0, 0.05) is 43.3 Å². The van der Waals surface area contributed by atoms with Gasteiger partial charge in [0.25, 0.3) is 0 Å². The molecule has 2 saturated heterocycles. The first-order valence-electron chi connectivity index (χ1n) is 10.1. The van der Waals surface area contributed by atoms with Crippen LogP contribution in [0.1, 0.15) is 45.1 Å². The van der Waals surface area contributed by atoms with Gasteiger partial charge in [0.2, 0.25) is 0 Å². The minimum absolute atomic E-state index is 0. The summed E-state index contributed by atoms with van der Waals surface area (Å²) in [6, 6.07) is 8.18. The number of benzene rings is 1. The highest BCUT2D eigenvalue weighted by atomic mass is 127. The topological polar surface area (TPSA) is 54.9 Å². The number of rotatable bonds is 6. The third-order valence-electron chi connectivity index (χ3n) is 5.71. The molecule has 1 atom stereocenters. The molecule has 1 unspecified atom stereocenters. The maximum absolute atomic E-state index is 6.56. The molecule has 2 heterocycles. The molecule has 0 bridgehead atoms. The van der Waals surface area contributed by atoms with E-state index in [4.69, 9.17) is 26.1 Å². The van der Waals surface area contributed by atoms with Crippen LogP contribution in [-0.2, 0) is 14.9 Å². The molecule has 2 N–H and O–H groups in total. The van der Waals surface area contributed by atoms with Crippen molar-refractivity contribution in [3.8, 4) is 0 Å². The molecule has 0 amide bonds. The number of hydrogen-bond acceptors (Lipinski definition) is 3. The Balaban J connectivity index is 0.00000280. The highest BCUT2D eigenvalue weighted by Gasteiger charge is 2.36. The van der Waals surface area contributed by atoms with Gasteiger partial charge in [-0.1, -0.05) is 29.8 Å². The minimum Gasteiger partial charge on any atom is -0.381 e. The van der Waals surface area contributed by atoms with Crippen molar-refractivity contribution in [1.29, 1.82) is 0 Å². The largest absolute Gasteiger partial charge is 0.381 e. The van der Waals surface area contributed by atoms with E-state index in [0.29, 0.717) is 6.54 Å². The molecule has 0 spiro atoms. The van der Waals surface area contributed by atoms with Crippen molar-refractivity contribution >= 4 is 41.5 Å². The third kappa shape index (κ3) is 5.97. The summed E-state index contributed by atoms with van der Waals surface area (Å²) < 4.78 is 11.5. The van der Waals surface area contributed by atoms with Crippen LogP contribution in [0.25, 0.3) is 0 Å². The van der Waals surface area contributed by atoms with Crippen LogP contribution >= 0.6 is 35.6 Å². The number of halogens is 2. The number of nitrogens with zero attached hydrogens (tertiary/aromatic N) is 1. The lowest BCUT2D eigenvalue weighted by Crippen LogP contribution is -2.48. The SMILES string of the molecule is CCNC(=NCC1(C)CCCO1)NCC1(c2ccccc2Cl)CCOCC1.I. The van der Waals surface area contributed by atoms with Crippen LogP contribution in [0.5, 0.6) is 0 Å².